The van der Waals surface area contributed by atoms with Crippen LogP contribution in [0.3, 0.4) is 0 Å². The third-order valence-corrected chi connectivity index (χ3v) is 4.81. The first-order valence-electron chi connectivity index (χ1n) is 7.75. The molecule has 1 aromatic rings. The second kappa shape index (κ2) is 5.51. The fourth-order valence-corrected chi connectivity index (χ4v) is 3.59. The van der Waals surface area contributed by atoms with Gasteiger partial charge in [0.1, 0.15) is 6.04 Å². The predicted octanol–water partition coefficient (Wildman–Crippen LogP) is 2.28. The molecule has 2 fully saturated rings. The normalized spacial score (nSPS) is 24.0. The lowest BCUT2D eigenvalue weighted by molar-refractivity contribution is -0.140. The Hall–Kier alpha value is -1.84. The topological polar surface area (TPSA) is 40.6 Å². The number of aryl methyl sites for hydroxylation is 1. The van der Waals surface area contributed by atoms with Gasteiger partial charge in [-0.15, -0.1) is 0 Å². The van der Waals surface area contributed by atoms with Gasteiger partial charge < -0.3 is 9.80 Å². The van der Waals surface area contributed by atoms with E-state index >= 15 is 0 Å². The maximum absolute atomic E-state index is 12.8. The summed E-state index contributed by atoms with van der Waals surface area (Å²) >= 11 is 0. The van der Waals surface area contributed by atoms with Gasteiger partial charge in [-0.1, -0.05) is 24.3 Å². The smallest absolute Gasteiger partial charge is 0.245 e. The van der Waals surface area contributed by atoms with Crippen LogP contribution in [-0.4, -0.2) is 40.7 Å². The molecule has 4 heteroatoms. The maximum atomic E-state index is 12.8. The summed E-state index contributed by atoms with van der Waals surface area (Å²) in [4.78, 5) is 28.7. The first-order chi connectivity index (χ1) is 10.1. The summed E-state index contributed by atoms with van der Waals surface area (Å²) in [5, 5.41) is 0. The molecule has 0 aliphatic carbocycles. The van der Waals surface area contributed by atoms with Crippen molar-refractivity contribution in [2.45, 2.75) is 45.2 Å². The highest BCUT2D eigenvalue weighted by molar-refractivity contribution is 5.90. The van der Waals surface area contributed by atoms with Gasteiger partial charge in [-0.05, 0) is 37.8 Å². The molecule has 0 bridgehead atoms. The van der Waals surface area contributed by atoms with Gasteiger partial charge in [0.15, 0.2) is 0 Å². The molecular formula is C17H22N2O2. The second-order valence-corrected chi connectivity index (χ2v) is 6.06. The molecule has 3 rings (SSSR count). The lowest BCUT2D eigenvalue weighted by Crippen LogP contribution is -2.44. The highest BCUT2D eigenvalue weighted by Crippen LogP contribution is 2.30. The molecule has 0 spiro atoms. The molecule has 112 valence electrons. The molecule has 0 N–H and O–H groups in total. The highest BCUT2D eigenvalue weighted by atomic mass is 16.2. The summed E-state index contributed by atoms with van der Waals surface area (Å²) in [6, 6.07) is 7.96. The number of rotatable bonds is 2. The van der Waals surface area contributed by atoms with Crippen LogP contribution in [-0.2, 0) is 9.59 Å². The number of benzene rings is 1. The number of fused-ring (bicyclic) bond motifs is 1. The van der Waals surface area contributed by atoms with Gasteiger partial charge in [0.25, 0.3) is 0 Å². The summed E-state index contributed by atoms with van der Waals surface area (Å²) < 4.78 is 0. The molecule has 21 heavy (non-hydrogen) atoms. The zero-order chi connectivity index (χ0) is 15.0. The molecule has 2 heterocycles. The Bertz CT molecular complexity index is 570. The van der Waals surface area contributed by atoms with E-state index in [4.69, 9.17) is 0 Å². The first-order valence-corrected chi connectivity index (χ1v) is 7.75. The van der Waals surface area contributed by atoms with Gasteiger partial charge in [-0.25, -0.2) is 0 Å². The number of amides is 2. The molecule has 2 amide bonds. The van der Waals surface area contributed by atoms with Gasteiger partial charge in [0.05, 0.1) is 6.04 Å². The summed E-state index contributed by atoms with van der Waals surface area (Å²) in [5.74, 6) is 0.249. The lowest BCUT2D eigenvalue weighted by atomic mass is 10.0. The molecule has 0 radical (unpaired) electrons. The Morgan fingerprint density at radius 1 is 1.19 bits per heavy atom. The molecule has 2 saturated heterocycles. The molecule has 1 aromatic carbocycles. The fraction of sp³-hybridized carbons (Fsp3) is 0.529. The van der Waals surface area contributed by atoms with Crippen LogP contribution in [0.15, 0.2) is 24.3 Å². The van der Waals surface area contributed by atoms with Crippen LogP contribution in [0.25, 0.3) is 0 Å². The van der Waals surface area contributed by atoms with Crippen molar-refractivity contribution in [1.29, 1.82) is 0 Å². The van der Waals surface area contributed by atoms with Crippen molar-refractivity contribution in [3.05, 3.63) is 35.4 Å². The van der Waals surface area contributed by atoms with E-state index in [1.165, 1.54) is 11.1 Å². The minimum atomic E-state index is -0.230. The largest absolute Gasteiger partial charge is 0.334 e. The molecule has 0 aromatic heterocycles. The molecule has 2 aliphatic rings. The van der Waals surface area contributed by atoms with E-state index in [0.717, 1.165) is 19.4 Å². The average molecular weight is 286 g/mol. The molecule has 0 saturated carbocycles. The zero-order valence-corrected chi connectivity index (χ0v) is 12.7. The quantitative estimate of drug-likeness (QED) is 0.837. The van der Waals surface area contributed by atoms with Crippen LogP contribution in [0, 0.1) is 6.92 Å². The first kappa shape index (κ1) is 14.1. The minimum Gasteiger partial charge on any atom is -0.334 e. The van der Waals surface area contributed by atoms with Crippen molar-refractivity contribution < 1.29 is 9.59 Å². The molecule has 4 nitrogen and oxygen atoms in total. The number of hydrogen-bond acceptors (Lipinski definition) is 2. The number of carbonyl (C=O) groups excluding carboxylic acids is 2. The van der Waals surface area contributed by atoms with Crippen molar-refractivity contribution >= 4 is 11.8 Å². The number of nitrogens with zero attached hydrogens (tertiary/aromatic N) is 2. The van der Waals surface area contributed by atoms with Crippen LogP contribution in [0.2, 0.25) is 0 Å². The van der Waals surface area contributed by atoms with E-state index in [1.54, 1.807) is 4.90 Å². The van der Waals surface area contributed by atoms with E-state index in [0.29, 0.717) is 13.0 Å². The monoisotopic (exact) mass is 286 g/mol. The second-order valence-electron chi connectivity index (χ2n) is 6.06. The van der Waals surface area contributed by atoms with Gasteiger partial charge in [0.2, 0.25) is 11.8 Å². The van der Waals surface area contributed by atoms with E-state index in [2.05, 4.69) is 26.0 Å². The predicted molar refractivity (Wildman–Crippen MR) is 80.7 cm³/mol. The minimum absolute atomic E-state index is 0.0204. The third kappa shape index (κ3) is 2.43. The van der Waals surface area contributed by atoms with Gasteiger partial charge in [0, 0.05) is 19.5 Å². The maximum Gasteiger partial charge on any atom is 0.245 e. The van der Waals surface area contributed by atoms with E-state index in [9.17, 15) is 9.59 Å². The van der Waals surface area contributed by atoms with Crippen LogP contribution < -0.4 is 0 Å². The molecule has 2 atom stereocenters. The highest BCUT2D eigenvalue weighted by Gasteiger charge is 2.40. The Morgan fingerprint density at radius 2 is 1.95 bits per heavy atom. The van der Waals surface area contributed by atoms with E-state index in [-0.39, 0.29) is 23.9 Å². The standard InChI is InChI=1S/C17H22N2O2/c1-12-6-3-4-7-14(12)13(2)18-11-9-16(20)19-10-5-8-15(19)17(18)21/h3-4,6-7,13,15H,5,8-11H2,1-2H3. The SMILES string of the molecule is Cc1ccccc1C(C)N1CCC(=O)N2CCCC2C1=O. The summed E-state index contributed by atoms with van der Waals surface area (Å²) in [6.45, 7) is 5.40. The fourth-order valence-electron chi connectivity index (χ4n) is 3.59. The average Bonchev–Trinajstić information content (AvgIpc) is 2.92. The molecule has 2 aliphatic heterocycles. The van der Waals surface area contributed by atoms with Gasteiger partial charge in [-0.2, -0.15) is 0 Å². The van der Waals surface area contributed by atoms with Crippen molar-refractivity contribution in [1.82, 2.24) is 9.80 Å². The van der Waals surface area contributed by atoms with Gasteiger partial charge in [-0.3, -0.25) is 9.59 Å². The Morgan fingerprint density at radius 3 is 2.71 bits per heavy atom. The summed E-state index contributed by atoms with van der Waals surface area (Å²) in [6.07, 6.45) is 2.19. The Labute approximate surface area is 125 Å². The van der Waals surface area contributed by atoms with Crippen molar-refractivity contribution in [3.63, 3.8) is 0 Å². The van der Waals surface area contributed by atoms with E-state index < -0.39 is 0 Å². The van der Waals surface area contributed by atoms with Crippen molar-refractivity contribution in [3.8, 4) is 0 Å². The Kier molecular flexibility index (Phi) is 3.70. The van der Waals surface area contributed by atoms with Crippen LogP contribution in [0.1, 0.15) is 43.4 Å². The summed E-state index contributed by atoms with van der Waals surface area (Å²) in [5.41, 5.74) is 2.36. The molecule has 2 unspecified atom stereocenters. The number of hydrogen-bond donors (Lipinski definition) is 0. The van der Waals surface area contributed by atoms with Crippen molar-refractivity contribution in [2.75, 3.05) is 13.1 Å². The van der Waals surface area contributed by atoms with Gasteiger partial charge >= 0.3 is 0 Å². The number of carbonyl (C=O) groups is 2. The van der Waals surface area contributed by atoms with Crippen molar-refractivity contribution in [2.24, 2.45) is 0 Å². The zero-order valence-electron chi connectivity index (χ0n) is 12.7. The molecular weight excluding hydrogens is 264 g/mol. The lowest BCUT2D eigenvalue weighted by Gasteiger charge is -2.31. The Balaban J connectivity index is 1.89. The van der Waals surface area contributed by atoms with Crippen LogP contribution >= 0.6 is 0 Å². The van der Waals surface area contributed by atoms with Crippen LogP contribution in [0.4, 0.5) is 0 Å². The third-order valence-electron chi connectivity index (χ3n) is 4.81. The van der Waals surface area contributed by atoms with Crippen LogP contribution in [0.5, 0.6) is 0 Å². The van der Waals surface area contributed by atoms with E-state index in [1.807, 2.05) is 17.0 Å². The summed E-state index contributed by atoms with van der Waals surface area (Å²) in [7, 11) is 0.